The standard InChI is InChI=1S/C19H27N5O/c1-3-25-16-9-11-24(12-10-16)19(20-2)22-14-18-21-13-17(23-18)15-7-5-4-6-8-15/h4-8,13,16H,3,9-12,14H2,1-2H3,(H,20,22)(H,21,23). The van der Waals surface area contributed by atoms with Gasteiger partial charge in [-0.15, -0.1) is 0 Å². The van der Waals surface area contributed by atoms with Gasteiger partial charge in [-0.25, -0.2) is 4.98 Å². The molecule has 0 unspecified atom stereocenters. The molecule has 1 aliphatic rings. The molecule has 6 heteroatoms. The summed E-state index contributed by atoms with van der Waals surface area (Å²) in [5, 5.41) is 3.41. The Morgan fingerprint density at radius 3 is 2.76 bits per heavy atom. The first-order valence-corrected chi connectivity index (χ1v) is 8.96. The molecule has 0 amide bonds. The number of nitrogens with zero attached hydrogens (tertiary/aromatic N) is 3. The maximum absolute atomic E-state index is 5.72. The third kappa shape index (κ3) is 4.60. The van der Waals surface area contributed by atoms with E-state index in [1.54, 1.807) is 0 Å². The monoisotopic (exact) mass is 341 g/mol. The van der Waals surface area contributed by atoms with E-state index in [4.69, 9.17) is 4.74 Å². The van der Waals surface area contributed by atoms with Crippen LogP contribution >= 0.6 is 0 Å². The number of aromatic amines is 1. The van der Waals surface area contributed by atoms with Gasteiger partial charge in [-0.2, -0.15) is 0 Å². The van der Waals surface area contributed by atoms with Gasteiger partial charge >= 0.3 is 0 Å². The Kier molecular flexibility index (Phi) is 6.06. The normalized spacial score (nSPS) is 16.2. The van der Waals surface area contributed by atoms with Crippen molar-refractivity contribution in [3.8, 4) is 11.3 Å². The van der Waals surface area contributed by atoms with Crippen molar-refractivity contribution >= 4 is 5.96 Å². The van der Waals surface area contributed by atoms with Gasteiger partial charge in [0.05, 0.1) is 24.5 Å². The first kappa shape index (κ1) is 17.5. The summed E-state index contributed by atoms with van der Waals surface area (Å²) in [6.45, 7) is 5.42. The Balaban J connectivity index is 1.53. The summed E-state index contributed by atoms with van der Waals surface area (Å²) in [5.41, 5.74) is 2.17. The minimum absolute atomic E-state index is 0.387. The second-order valence-corrected chi connectivity index (χ2v) is 6.15. The fraction of sp³-hybridized carbons (Fsp3) is 0.474. The molecule has 2 heterocycles. The number of benzene rings is 1. The predicted molar refractivity (Wildman–Crippen MR) is 100 cm³/mol. The van der Waals surface area contributed by atoms with Crippen molar-refractivity contribution < 1.29 is 4.74 Å². The van der Waals surface area contributed by atoms with Crippen molar-refractivity contribution in [2.75, 3.05) is 26.7 Å². The number of piperidine rings is 1. The molecule has 0 radical (unpaired) electrons. The topological polar surface area (TPSA) is 65.5 Å². The number of H-pyrrole nitrogens is 1. The van der Waals surface area contributed by atoms with Gasteiger partial charge in [-0.3, -0.25) is 4.99 Å². The lowest BCUT2D eigenvalue weighted by molar-refractivity contribution is 0.0263. The van der Waals surface area contributed by atoms with Crippen molar-refractivity contribution in [1.29, 1.82) is 0 Å². The fourth-order valence-electron chi connectivity index (χ4n) is 3.18. The van der Waals surface area contributed by atoms with Gasteiger partial charge in [0, 0.05) is 26.7 Å². The summed E-state index contributed by atoms with van der Waals surface area (Å²) < 4.78 is 5.72. The van der Waals surface area contributed by atoms with Gasteiger partial charge in [0.15, 0.2) is 5.96 Å². The van der Waals surface area contributed by atoms with Crippen molar-refractivity contribution in [3.05, 3.63) is 42.4 Å². The van der Waals surface area contributed by atoms with E-state index in [-0.39, 0.29) is 0 Å². The summed E-state index contributed by atoms with van der Waals surface area (Å²) in [5.74, 6) is 1.83. The molecular weight excluding hydrogens is 314 g/mol. The molecule has 0 atom stereocenters. The fourth-order valence-corrected chi connectivity index (χ4v) is 3.18. The van der Waals surface area contributed by atoms with Crippen molar-refractivity contribution in [2.24, 2.45) is 4.99 Å². The van der Waals surface area contributed by atoms with Crippen LogP contribution in [0.5, 0.6) is 0 Å². The molecule has 1 aromatic heterocycles. The molecule has 1 aromatic carbocycles. The Morgan fingerprint density at radius 2 is 2.08 bits per heavy atom. The van der Waals surface area contributed by atoms with Crippen LogP contribution in [0.3, 0.4) is 0 Å². The molecule has 2 aromatic rings. The highest BCUT2D eigenvalue weighted by molar-refractivity contribution is 5.79. The number of likely N-dealkylation sites (tertiary alicyclic amines) is 1. The van der Waals surface area contributed by atoms with Gasteiger partial charge in [0.1, 0.15) is 5.82 Å². The number of aromatic nitrogens is 2. The van der Waals surface area contributed by atoms with Crippen LogP contribution in [0.4, 0.5) is 0 Å². The largest absolute Gasteiger partial charge is 0.378 e. The molecule has 25 heavy (non-hydrogen) atoms. The summed E-state index contributed by atoms with van der Waals surface area (Å²) >= 11 is 0. The summed E-state index contributed by atoms with van der Waals surface area (Å²) in [6, 6.07) is 10.2. The van der Waals surface area contributed by atoms with Gasteiger partial charge in [0.25, 0.3) is 0 Å². The van der Waals surface area contributed by atoms with E-state index in [2.05, 4.69) is 44.2 Å². The lowest BCUT2D eigenvalue weighted by Crippen LogP contribution is -2.46. The Bertz CT molecular complexity index is 674. The lowest BCUT2D eigenvalue weighted by atomic mass is 10.1. The molecule has 0 bridgehead atoms. The van der Waals surface area contributed by atoms with Crippen molar-refractivity contribution in [3.63, 3.8) is 0 Å². The number of aliphatic imine (C=N–C) groups is 1. The molecule has 1 aliphatic heterocycles. The number of rotatable bonds is 5. The Labute approximate surface area is 149 Å². The van der Waals surface area contributed by atoms with E-state index in [1.165, 1.54) is 0 Å². The molecule has 2 N–H and O–H groups in total. The first-order chi connectivity index (χ1) is 12.3. The molecule has 1 fully saturated rings. The molecule has 0 aliphatic carbocycles. The highest BCUT2D eigenvalue weighted by atomic mass is 16.5. The number of guanidine groups is 1. The van der Waals surface area contributed by atoms with Crippen LogP contribution in [0, 0.1) is 0 Å². The Morgan fingerprint density at radius 1 is 1.32 bits per heavy atom. The second-order valence-electron chi connectivity index (χ2n) is 6.15. The minimum Gasteiger partial charge on any atom is -0.378 e. The number of ether oxygens (including phenoxy) is 1. The average Bonchev–Trinajstić information content (AvgIpc) is 3.13. The number of nitrogens with one attached hydrogen (secondary N) is 2. The van der Waals surface area contributed by atoms with Gasteiger partial charge in [0.2, 0.25) is 0 Å². The van der Waals surface area contributed by atoms with Crippen LogP contribution < -0.4 is 5.32 Å². The lowest BCUT2D eigenvalue weighted by Gasteiger charge is -2.33. The number of imidazole rings is 1. The highest BCUT2D eigenvalue weighted by Crippen LogP contribution is 2.16. The van der Waals surface area contributed by atoms with E-state index in [0.29, 0.717) is 12.6 Å². The van der Waals surface area contributed by atoms with Crippen molar-refractivity contribution in [2.45, 2.75) is 32.4 Å². The van der Waals surface area contributed by atoms with Gasteiger partial charge in [-0.05, 0) is 25.3 Å². The van der Waals surface area contributed by atoms with E-state index in [0.717, 1.165) is 55.6 Å². The maximum Gasteiger partial charge on any atom is 0.194 e. The Hall–Kier alpha value is -2.34. The highest BCUT2D eigenvalue weighted by Gasteiger charge is 2.21. The molecule has 6 nitrogen and oxygen atoms in total. The minimum atomic E-state index is 0.387. The first-order valence-electron chi connectivity index (χ1n) is 8.96. The smallest absolute Gasteiger partial charge is 0.194 e. The average molecular weight is 341 g/mol. The summed E-state index contributed by atoms with van der Waals surface area (Å²) in [6.07, 6.45) is 4.36. The zero-order valence-electron chi connectivity index (χ0n) is 15.0. The third-order valence-electron chi connectivity index (χ3n) is 4.48. The molecule has 3 rings (SSSR count). The SMILES string of the molecule is CCOC1CCN(C(=NC)NCc2ncc(-c3ccccc3)[nH]2)CC1. The zero-order valence-corrected chi connectivity index (χ0v) is 15.0. The van der Waals surface area contributed by atoms with Crippen LogP contribution in [-0.2, 0) is 11.3 Å². The van der Waals surface area contributed by atoms with Crippen molar-refractivity contribution in [1.82, 2.24) is 20.2 Å². The summed E-state index contributed by atoms with van der Waals surface area (Å²) in [4.78, 5) is 14.5. The molecule has 0 spiro atoms. The van der Waals surface area contributed by atoms with E-state index < -0.39 is 0 Å². The number of hydrogen-bond donors (Lipinski definition) is 2. The maximum atomic E-state index is 5.72. The molecule has 0 saturated carbocycles. The molecule has 134 valence electrons. The van der Waals surface area contributed by atoms with Crippen LogP contribution in [0.25, 0.3) is 11.3 Å². The number of hydrogen-bond acceptors (Lipinski definition) is 3. The van der Waals surface area contributed by atoms with Crippen LogP contribution in [0.2, 0.25) is 0 Å². The molecule has 1 saturated heterocycles. The van der Waals surface area contributed by atoms with Gasteiger partial charge in [-0.1, -0.05) is 30.3 Å². The third-order valence-corrected chi connectivity index (χ3v) is 4.48. The van der Waals surface area contributed by atoms with Crippen LogP contribution in [-0.4, -0.2) is 53.7 Å². The predicted octanol–water partition coefficient (Wildman–Crippen LogP) is 2.65. The zero-order chi connectivity index (χ0) is 17.5. The quantitative estimate of drug-likeness (QED) is 0.648. The van der Waals surface area contributed by atoms with Gasteiger partial charge < -0.3 is 19.9 Å². The van der Waals surface area contributed by atoms with Crippen LogP contribution in [0.1, 0.15) is 25.6 Å². The molecular formula is C19H27N5O. The van der Waals surface area contributed by atoms with E-state index in [1.807, 2.05) is 31.4 Å². The second kappa shape index (κ2) is 8.67. The van der Waals surface area contributed by atoms with E-state index in [9.17, 15) is 0 Å². The summed E-state index contributed by atoms with van der Waals surface area (Å²) in [7, 11) is 1.83. The van der Waals surface area contributed by atoms with E-state index >= 15 is 0 Å². The van der Waals surface area contributed by atoms with Crippen LogP contribution in [0.15, 0.2) is 41.5 Å².